The average molecular weight is 386 g/mol. The van der Waals surface area contributed by atoms with Crippen LogP contribution in [0.5, 0.6) is 0 Å². The first-order valence-corrected chi connectivity index (χ1v) is 9.13. The molecule has 29 heavy (non-hydrogen) atoms. The van der Waals surface area contributed by atoms with Crippen LogP contribution in [0.1, 0.15) is 33.4 Å². The first-order chi connectivity index (χ1) is 14.0. The van der Waals surface area contributed by atoms with Crippen LogP contribution in [-0.4, -0.2) is 10.9 Å². The number of anilines is 1. The Labute approximate surface area is 165 Å². The van der Waals surface area contributed by atoms with Gasteiger partial charge < -0.3 is 4.42 Å². The molecule has 3 heterocycles. The molecule has 6 heteroatoms. The maximum Gasteiger partial charge on any atom is 0.296 e. The third-order valence-electron chi connectivity index (χ3n) is 5.06. The number of fused-ring (bicyclic) bond motifs is 2. The highest BCUT2D eigenvalue weighted by atomic mass is 19.1. The van der Waals surface area contributed by atoms with Crippen molar-refractivity contribution in [1.82, 2.24) is 4.98 Å². The average Bonchev–Trinajstić information content (AvgIpc) is 3.01. The van der Waals surface area contributed by atoms with Crippen molar-refractivity contribution in [1.29, 1.82) is 0 Å². The van der Waals surface area contributed by atoms with Gasteiger partial charge in [0.15, 0.2) is 5.43 Å². The van der Waals surface area contributed by atoms with Gasteiger partial charge in [0.2, 0.25) is 5.76 Å². The molecule has 0 aliphatic carbocycles. The molecule has 0 saturated heterocycles. The summed E-state index contributed by atoms with van der Waals surface area (Å²) in [5.74, 6) is -0.591. The Morgan fingerprint density at radius 2 is 1.79 bits per heavy atom. The van der Waals surface area contributed by atoms with Crippen molar-refractivity contribution in [2.45, 2.75) is 13.0 Å². The number of carbonyl (C=O) groups is 1. The maximum absolute atomic E-state index is 14.0. The standard InChI is InChI=1S/C23H15FN2O3/c1-13-6-4-11-18(25-13)26-20(14-7-5-8-15(24)12-14)19-21(27)16-9-2-3-10-17(16)29-22(19)23(26)28/h2-12,20H,1H3. The summed E-state index contributed by atoms with van der Waals surface area (Å²) in [5, 5.41) is 0.375. The Bertz CT molecular complexity index is 1350. The van der Waals surface area contributed by atoms with Crippen molar-refractivity contribution in [3.8, 4) is 0 Å². The van der Waals surface area contributed by atoms with Crippen molar-refractivity contribution < 1.29 is 13.6 Å². The van der Waals surface area contributed by atoms with Crippen LogP contribution >= 0.6 is 0 Å². The van der Waals surface area contributed by atoms with Crippen LogP contribution in [-0.2, 0) is 0 Å². The molecule has 0 saturated carbocycles. The highest BCUT2D eigenvalue weighted by molar-refractivity contribution is 6.10. The predicted octanol–water partition coefficient (Wildman–Crippen LogP) is 4.39. The highest BCUT2D eigenvalue weighted by Gasteiger charge is 2.44. The first-order valence-electron chi connectivity index (χ1n) is 9.13. The third-order valence-corrected chi connectivity index (χ3v) is 5.06. The fourth-order valence-electron chi connectivity index (χ4n) is 3.81. The molecule has 1 amide bonds. The van der Waals surface area contributed by atoms with Gasteiger partial charge >= 0.3 is 0 Å². The number of rotatable bonds is 2. The van der Waals surface area contributed by atoms with E-state index in [-0.39, 0.29) is 16.8 Å². The lowest BCUT2D eigenvalue weighted by Crippen LogP contribution is -2.30. The number of amides is 1. The Balaban J connectivity index is 1.84. The summed E-state index contributed by atoms with van der Waals surface area (Å²) in [6.07, 6.45) is 0. The van der Waals surface area contributed by atoms with Crippen LogP contribution in [0, 0.1) is 12.7 Å². The molecule has 1 aliphatic rings. The molecule has 0 fully saturated rings. The van der Waals surface area contributed by atoms with Crippen molar-refractivity contribution in [3.05, 3.63) is 105 Å². The van der Waals surface area contributed by atoms with E-state index in [1.807, 2.05) is 13.0 Å². The fourth-order valence-corrected chi connectivity index (χ4v) is 3.81. The number of pyridine rings is 1. The van der Waals surface area contributed by atoms with Crippen molar-refractivity contribution in [2.24, 2.45) is 0 Å². The Hall–Kier alpha value is -3.80. The summed E-state index contributed by atoms with van der Waals surface area (Å²) in [7, 11) is 0. The van der Waals surface area contributed by atoms with Gasteiger partial charge in [0.05, 0.1) is 17.0 Å². The Morgan fingerprint density at radius 3 is 2.59 bits per heavy atom. The molecule has 0 radical (unpaired) electrons. The summed E-state index contributed by atoms with van der Waals surface area (Å²) in [5.41, 5.74) is 1.42. The smallest absolute Gasteiger partial charge is 0.296 e. The van der Waals surface area contributed by atoms with Crippen molar-refractivity contribution >= 4 is 22.7 Å². The van der Waals surface area contributed by atoms with Gasteiger partial charge in [-0.2, -0.15) is 0 Å². The first kappa shape index (κ1) is 17.3. The third kappa shape index (κ3) is 2.64. The summed E-state index contributed by atoms with van der Waals surface area (Å²) >= 11 is 0. The van der Waals surface area contributed by atoms with Crippen LogP contribution in [0.15, 0.2) is 75.9 Å². The lowest BCUT2D eigenvalue weighted by Gasteiger charge is -2.24. The van der Waals surface area contributed by atoms with Crippen LogP contribution in [0.4, 0.5) is 10.2 Å². The molecule has 0 N–H and O–H groups in total. The fraction of sp³-hybridized carbons (Fsp3) is 0.0870. The second-order valence-corrected chi connectivity index (χ2v) is 6.94. The molecule has 0 bridgehead atoms. The normalized spacial score (nSPS) is 15.7. The van der Waals surface area contributed by atoms with Crippen LogP contribution in [0.3, 0.4) is 0 Å². The van der Waals surface area contributed by atoms with Gasteiger partial charge in [0.1, 0.15) is 17.2 Å². The topological polar surface area (TPSA) is 63.4 Å². The molecule has 2 aromatic heterocycles. The zero-order chi connectivity index (χ0) is 20.1. The molecule has 5 nitrogen and oxygen atoms in total. The quantitative estimate of drug-likeness (QED) is 0.513. The highest BCUT2D eigenvalue weighted by Crippen LogP contribution is 2.40. The van der Waals surface area contributed by atoms with E-state index in [9.17, 15) is 14.0 Å². The number of benzene rings is 2. The zero-order valence-corrected chi connectivity index (χ0v) is 15.4. The van der Waals surface area contributed by atoms with Crippen molar-refractivity contribution in [2.75, 3.05) is 4.90 Å². The predicted molar refractivity (Wildman–Crippen MR) is 107 cm³/mol. The Morgan fingerprint density at radius 1 is 1.00 bits per heavy atom. The largest absolute Gasteiger partial charge is 0.450 e. The number of aromatic nitrogens is 1. The molecule has 1 atom stereocenters. The van der Waals surface area contributed by atoms with Gasteiger partial charge in [-0.15, -0.1) is 0 Å². The Kier molecular flexibility index (Phi) is 3.81. The number of para-hydroxylation sites is 1. The van der Waals surface area contributed by atoms with Gasteiger partial charge in [0.25, 0.3) is 5.91 Å². The van der Waals surface area contributed by atoms with Gasteiger partial charge in [-0.3, -0.25) is 14.5 Å². The lowest BCUT2D eigenvalue weighted by molar-refractivity contribution is 0.0970. The van der Waals surface area contributed by atoms with E-state index in [4.69, 9.17) is 4.42 Å². The van der Waals surface area contributed by atoms with E-state index in [1.165, 1.54) is 17.0 Å². The second kappa shape index (κ2) is 6.38. The number of hydrogen-bond acceptors (Lipinski definition) is 4. The molecule has 2 aromatic carbocycles. The van der Waals surface area contributed by atoms with Crippen LogP contribution in [0.25, 0.3) is 11.0 Å². The van der Waals surface area contributed by atoms with Gasteiger partial charge in [-0.1, -0.05) is 30.3 Å². The number of hydrogen-bond donors (Lipinski definition) is 0. The van der Waals surface area contributed by atoms with Crippen molar-refractivity contribution in [3.63, 3.8) is 0 Å². The van der Waals surface area contributed by atoms with Gasteiger partial charge in [0, 0.05) is 5.69 Å². The maximum atomic E-state index is 14.0. The summed E-state index contributed by atoms with van der Waals surface area (Å²) in [4.78, 5) is 32.5. The molecular formula is C23H15FN2O3. The number of carbonyl (C=O) groups excluding carboxylic acids is 1. The minimum Gasteiger partial charge on any atom is -0.450 e. The zero-order valence-electron chi connectivity index (χ0n) is 15.4. The van der Waals surface area contributed by atoms with Gasteiger partial charge in [-0.05, 0) is 48.9 Å². The summed E-state index contributed by atoms with van der Waals surface area (Å²) in [6, 6.07) is 17.1. The van der Waals surface area contributed by atoms with E-state index in [0.717, 1.165) is 0 Å². The lowest BCUT2D eigenvalue weighted by atomic mass is 9.98. The minimum absolute atomic E-state index is 0.0359. The molecule has 1 aliphatic heterocycles. The molecule has 0 spiro atoms. The summed E-state index contributed by atoms with van der Waals surface area (Å²) in [6.45, 7) is 1.81. The SMILES string of the molecule is Cc1cccc(N2C(=O)c3oc4ccccc4c(=O)c3C2c2cccc(F)c2)n1. The monoisotopic (exact) mass is 386 g/mol. The molecule has 1 unspecified atom stereocenters. The van der Waals surface area contributed by atoms with E-state index >= 15 is 0 Å². The molecule has 142 valence electrons. The van der Waals surface area contributed by atoms with E-state index in [0.29, 0.717) is 28.0 Å². The van der Waals surface area contributed by atoms with E-state index in [2.05, 4.69) is 4.98 Å². The van der Waals surface area contributed by atoms with Crippen LogP contribution in [0.2, 0.25) is 0 Å². The number of aryl methyl sites for hydroxylation is 1. The number of halogens is 1. The second-order valence-electron chi connectivity index (χ2n) is 6.94. The molecule has 4 aromatic rings. The van der Waals surface area contributed by atoms with Crippen LogP contribution < -0.4 is 10.3 Å². The number of nitrogens with zero attached hydrogens (tertiary/aromatic N) is 2. The minimum atomic E-state index is -0.830. The molecular weight excluding hydrogens is 371 g/mol. The van der Waals surface area contributed by atoms with Gasteiger partial charge in [-0.25, -0.2) is 9.37 Å². The summed E-state index contributed by atoms with van der Waals surface area (Å²) < 4.78 is 19.9. The molecule has 5 rings (SSSR count). The van der Waals surface area contributed by atoms with E-state index in [1.54, 1.807) is 48.5 Å². The van der Waals surface area contributed by atoms with E-state index < -0.39 is 17.8 Å².